The minimum atomic E-state index is -4.57. The molecule has 2 aliphatic rings. The Labute approximate surface area is 114 Å². The van der Waals surface area contributed by atoms with Gasteiger partial charge in [0.05, 0.1) is 6.10 Å². The smallest absolute Gasteiger partial charge is 0.284 e. The number of fused-ring (bicyclic) bond motifs is 1. The van der Waals surface area contributed by atoms with Gasteiger partial charge in [-0.3, -0.25) is 8.74 Å². The topological polar surface area (TPSA) is 97.7 Å². The highest BCUT2D eigenvalue weighted by Gasteiger charge is 2.38. The maximum atomic E-state index is 11.6. The molecule has 3 atom stereocenters. The summed E-state index contributed by atoms with van der Waals surface area (Å²) >= 11 is 0. The van der Waals surface area contributed by atoms with Crippen LogP contribution in [0.3, 0.4) is 0 Å². The molecule has 0 aromatic rings. The molecule has 0 aromatic heterocycles. The Morgan fingerprint density at radius 2 is 1.58 bits per heavy atom. The van der Waals surface area contributed by atoms with Crippen molar-refractivity contribution < 1.29 is 25.6 Å². The lowest BCUT2D eigenvalue weighted by atomic mass is 9.69. The van der Waals surface area contributed by atoms with E-state index in [2.05, 4.69) is 0 Å². The second-order valence-electron chi connectivity index (χ2n) is 5.53. The van der Waals surface area contributed by atoms with Crippen LogP contribution in [0.25, 0.3) is 0 Å². The molecule has 2 rings (SSSR count). The van der Waals surface area contributed by atoms with E-state index in [1.807, 2.05) is 0 Å². The van der Waals surface area contributed by atoms with Crippen LogP contribution in [0.15, 0.2) is 0 Å². The SMILES string of the molecule is O=S(=O)(O)CS(=O)(=O)OC1CCCC2CCCCC21. The summed E-state index contributed by atoms with van der Waals surface area (Å²) in [6.45, 7) is 0. The van der Waals surface area contributed by atoms with E-state index in [0.717, 1.165) is 32.1 Å². The van der Waals surface area contributed by atoms with E-state index < -0.39 is 31.4 Å². The fourth-order valence-corrected chi connectivity index (χ4v) is 5.69. The van der Waals surface area contributed by atoms with E-state index >= 15 is 0 Å². The van der Waals surface area contributed by atoms with E-state index in [-0.39, 0.29) is 5.92 Å². The first kappa shape index (κ1) is 15.2. The Bertz CT molecular complexity index is 507. The van der Waals surface area contributed by atoms with Crippen LogP contribution in [0.2, 0.25) is 0 Å². The fourth-order valence-electron chi connectivity index (χ4n) is 3.40. The van der Waals surface area contributed by atoms with E-state index in [1.54, 1.807) is 0 Å². The summed E-state index contributed by atoms with van der Waals surface area (Å²) in [5.74, 6) is 0.701. The van der Waals surface area contributed by atoms with Gasteiger partial charge in [0, 0.05) is 0 Å². The van der Waals surface area contributed by atoms with Crippen molar-refractivity contribution in [2.45, 2.75) is 51.0 Å². The average molecular weight is 312 g/mol. The Morgan fingerprint density at radius 1 is 0.947 bits per heavy atom. The Balaban J connectivity index is 2.05. The van der Waals surface area contributed by atoms with Crippen LogP contribution in [-0.4, -0.2) is 32.6 Å². The van der Waals surface area contributed by atoms with E-state index in [4.69, 9.17) is 8.74 Å². The van der Waals surface area contributed by atoms with Gasteiger partial charge in [-0.15, -0.1) is 0 Å². The van der Waals surface area contributed by atoms with Gasteiger partial charge in [-0.1, -0.05) is 25.7 Å². The molecule has 2 saturated carbocycles. The summed E-state index contributed by atoms with van der Waals surface area (Å²) in [5.41, 5.74) is 0. The van der Waals surface area contributed by atoms with Crippen LogP contribution in [0, 0.1) is 11.8 Å². The Kier molecular flexibility index (Phi) is 4.54. The minimum absolute atomic E-state index is 0.207. The van der Waals surface area contributed by atoms with E-state index in [9.17, 15) is 16.8 Å². The summed E-state index contributed by atoms with van der Waals surface area (Å²) in [4.78, 5) is 0. The molecule has 0 heterocycles. The predicted octanol–water partition coefficient (Wildman–Crippen LogP) is 1.54. The van der Waals surface area contributed by atoms with Crippen molar-refractivity contribution in [3.8, 4) is 0 Å². The van der Waals surface area contributed by atoms with Gasteiger partial charge in [-0.25, -0.2) is 0 Å². The summed E-state index contributed by atoms with van der Waals surface area (Å²) < 4.78 is 58.3. The highest BCUT2D eigenvalue weighted by Crippen LogP contribution is 2.42. The second-order valence-corrected chi connectivity index (χ2v) is 8.95. The third-order valence-electron chi connectivity index (χ3n) is 4.07. The van der Waals surface area contributed by atoms with Crippen LogP contribution < -0.4 is 0 Å². The van der Waals surface area contributed by atoms with Crippen LogP contribution in [-0.2, 0) is 24.4 Å². The van der Waals surface area contributed by atoms with Gasteiger partial charge in [0.15, 0.2) is 0 Å². The molecular weight excluding hydrogens is 292 g/mol. The third kappa shape index (κ3) is 4.40. The minimum Gasteiger partial charge on any atom is -0.285 e. The zero-order chi connectivity index (χ0) is 14.1. The molecule has 19 heavy (non-hydrogen) atoms. The third-order valence-corrected chi connectivity index (χ3v) is 6.96. The molecule has 0 aliphatic heterocycles. The molecule has 2 aliphatic carbocycles. The lowest BCUT2D eigenvalue weighted by molar-refractivity contribution is 0.0325. The summed E-state index contributed by atoms with van der Waals surface area (Å²) in [6, 6.07) is 0. The van der Waals surface area contributed by atoms with Gasteiger partial charge in [-0.05, 0) is 31.1 Å². The predicted molar refractivity (Wildman–Crippen MR) is 69.5 cm³/mol. The van der Waals surface area contributed by atoms with Gasteiger partial charge in [-0.2, -0.15) is 16.8 Å². The van der Waals surface area contributed by atoms with Gasteiger partial charge in [0.1, 0.15) is 0 Å². The summed E-state index contributed by atoms with van der Waals surface area (Å²) in [7, 11) is -8.80. The summed E-state index contributed by atoms with van der Waals surface area (Å²) in [5, 5.41) is -1.35. The average Bonchev–Trinajstić information content (AvgIpc) is 2.25. The van der Waals surface area contributed by atoms with Gasteiger partial charge in [0.25, 0.3) is 20.2 Å². The second kappa shape index (κ2) is 5.67. The largest absolute Gasteiger partial charge is 0.285 e. The maximum absolute atomic E-state index is 11.6. The van der Waals surface area contributed by atoms with E-state index in [1.165, 1.54) is 6.42 Å². The van der Waals surface area contributed by atoms with Crippen LogP contribution in [0.1, 0.15) is 44.9 Å². The molecule has 3 unspecified atom stereocenters. The first-order valence-corrected chi connectivity index (χ1v) is 9.82. The molecule has 6 nitrogen and oxygen atoms in total. The lowest BCUT2D eigenvalue weighted by Crippen LogP contribution is -2.38. The van der Waals surface area contributed by atoms with Crippen molar-refractivity contribution in [1.82, 2.24) is 0 Å². The first-order chi connectivity index (χ1) is 8.77. The van der Waals surface area contributed by atoms with Crippen molar-refractivity contribution in [3.05, 3.63) is 0 Å². The quantitative estimate of drug-likeness (QED) is 0.624. The zero-order valence-corrected chi connectivity index (χ0v) is 12.3. The zero-order valence-electron chi connectivity index (χ0n) is 10.7. The van der Waals surface area contributed by atoms with Crippen molar-refractivity contribution in [2.24, 2.45) is 11.8 Å². The molecule has 112 valence electrons. The molecule has 1 N–H and O–H groups in total. The lowest BCUT2D eigenvalue weighted by Gasteiger charge is -2.40. The van der Waals surface area contributed by atoms with Crippen molar-refractivity contribution in [2.75, 3.05) is 5.08 Å². The summed E-state index contributed by atoms with van der Waals surface area (Å²) in [6.07, 6.45) is 6.51. The monoisotopic (exact) mass is 312 g/mol. The van der Waals surface area contributed by atoms with Gasteiger partial charge in [0.2, 0.25) is 5.08 Å². The molecule has 0 aromatic carbocycles. The van der Waals surface area contributed by atoms with E-state index in [0.29, 0.717) is 12.3 Å². The number of rotatable bonds is 4. The molecule has 0 spiro atoms. The molecule has 0 bridgehead atoms. The number of hydrogen-bond acceptors (Lipinski definition) is 5. The maximum Gasteiger partial charge on any atom is 0.284 e. The molecule has 0 radical (unpaired) electrons. The molecule has 8 heteroatoms. The van der Waals surface area contributed by atoms with Gasteiger partial charge >= 0.3 is 0 Å². The number of hydrogen-bond donors (Lipinski definition) is 1. The van der Waals surface area contributed by atoms with Crippen molar-refractivity contribution in [3.63, 3.8) is 0 Å². The standard InChI is InChI=1S/C11H20O6S2/c12-18(13,14)8-19(15,16)17-11-7-3-5-9-4-1-2-6-10(9)11/h9-11H,1-8H2,(H,12,13,14). The normalized spacial score (nSPS) is 32.8. The van der Waals surface area contributed by atoms with Crippen LogP contribution in [0.5, 0.6) is 0 Å². The highest BCUT2D eigenvalue weighted by atomic mass is 32.3. The van der Waals surface area contributed by atoms with Crippen LogP contribution in [0.4, 0.5) is 0 Å². The Hall–Kier alpha value is -0.180. The molecule has 0 saturated heterocycles. The van der Waals surface area contributed by atoms with Crippen LogP contribution >= 0.6 is 0 Å². The highest BCUT2D eigenvalue weighted by molar-refractivity contribution is 8.03. The fraction of sp³-hybridized carbons (Fsp3) is 1.00. The Morgan fingerprint density at radius 3 is 2.26 bits per heavy atom. The van der Waals surface area contributed by atoms with Crippen molar-refractivity contribution in [1.29, 1.82) is 0 Å². The van der Waals surface area contributed by atoms with Gasteiger partial charge < -0.3 is 0 Å². The molecule has 2 fully saturated rings. The molecule has 0 amide bonds. The molecular formula is C11H20O6S2. The first-order valence-electron chi connectivity index (χ1n) is 6.63. The van der Waals surface area contributed by atoms with Crippen molar-refractivity contribution >= 4 is 20.2 Å².